The van der Waals surface area contributed by atoms with E-state index in [0.717, 1.165) is 29.7 Å². The van der Waals surface area contributed by atoms with Gasteiger partial charge in [-0.2, -0.15) is 0 Å². The molecule has 2 N–H and O–H groups in total. The van der Waals surface area contributed by atoms with Crippen molar-refractivity contribution in [1.29, 1.82) is 0 Å². The maximum atomic E-state index is 11.9. The molecule has 1 rings (SSSR count). The average molecular weight is 263 g/mol. The zero-order valence-electron chi connectivity index (χ0n) is 11.7. The molecule has 0 aliphatic heterocycles. The van der Waals surface area contributed by atoms with Crippen LogP contribution in [-0.4, -0.2) is 17.0 Å². The van der Waals surface area contributed by atoms with Crippen LogP contribution in [-0.2, 0) is 22.4 Å². The first-order valence-corrected chi connectivity index (χ1v) is 6.62. The van der Waals surface area contributed by atoms with Crippen LogP contribution in [0.3, 0.4) is 0 Å². The third kappa shape index (κ3) is 4.39. The van der Waals surface area contributed by atoms with Gasteiger partial charge in [0.1, 0.15) is 0 Å². The number of amides is 1. The fourth-order valence-electron chi connectivity index (χ4n) is 1.88. The molecule has 4 nitrogen and oxygen atoms in total. The van der Waals surface area contributed by atoms with E-state index >= 15 is 0 Å². The molecule has 104 valence electrons. The highest BCUT2D eigenvalue weighted by atomic mass is 16.4. The molecular formula is C15H21NO3. The summed E-state index contributed by atoms with van der Waals surface area (Å²) in [6.45, 7) is 5.70. The molecule has 0 saturated heterocycles. The molecule has 0 radical (unpaired) electrons. The number of carboxylic acid groups (broad SMARTS) is 1. The summed E-state index contributed by atoms with van der Waals surface area (Å²) in [6.07, 6.45) is 1.57. The molecule has 1 amide bonds. The summed E-state index contributed by atoms with van der Waals surface area (Å²) < 4.78 is 0. The molecule has 19 heavy (non-hydrogen) atoms. The monoisotopic (exact) mass is 263 g/mol. The van der Waals surface area contributed by atoms with Gasteiger partial charge in [0.25, 0.3) is 0 Å². The van der Waals surface area contributed by atoms with Crippen molar-refractivity contribution in [2.75, 3.05) is 5.32 Å². The lowest BCUT2D eigenvalue weighted by molar-refractivity contribution is -0.139. The fourth-order valence-corrected chi connectivity index (χ4v) is 1.88. The van der Waals surface area contributed by atoms with E-state index in [1.807, 2.05) is 19.1 Å². The molecule has 0 aliphatic rings. The van der Waals surface area contributed by atoms with Crippen molar-refractivity contribution in [2.24, 2.45) is 5.92 Å². The molecule has 4 heteroatoms. The van der Waals surface area contributed by atoms with Gasteiger partial charge in [-0.1, -0.05) is 32.9 Å². The highest BCUT2D eigenvalue weighted by Gasteiger charge is 2.17. The maximum absolute atomic E-state index is 11.9. The molecule has 0 aromatic heterocycles. The van der Waals surface area contributed by atoms with E-state index in [4.69, 9.17) is 5.11 Å². The summed E-state index contributed by atoms with van der Waals surface area (Å²) in [7, 11) is 0. The van der Waals surface area contributed by atoms with Gasteiger partial charge in [-0.15, -0.1) is 0 Å². The van der Waals surface area contributed by atoms with Crippen LogP contribution in [0.4, 0.5) is 5.69 Å². The van der Waals surface area contributed by atoms with Gasteiger partial charge >= 0.3 is 5.97 Å². The predicted octanol–water partition coefficient (Wildman–Crippen LogP) is 2.86. The first kappa shape index (κ1) is 15.2. The number of carbonyl (C=O) groups excluding carboxylic acids is 1. The van der Waals surface area contributed by atoms with E-state index < -0.39 is 11.9 Å². The molecule has 1 aromatic carbocycles. The summed E-state index contributed by atoms with van der Waals surface area (Å²) in [4.78, 5) is 22.6. The van der Waals surface area contributed by atoms with E-state index in [9.17, 15) is 9.59 Å². The molecule has 1 unspecified atom stereocenters. The number of anilines is 1. The Morgan fingerprint density at radius 1 is 1.26 bits per heavy atom. The number of aryl methyl sites for hydroxylation is 2. The quantitative estimate of drug-likeness (QED) is 0.829. The van der Waals surface area contributed by atoms with Crippen LogP contribution in [0.2, 0.25) is 0 Å². The lowest BCUT2D eigenvalue weighted by Gasteiger charge is -2.14. The third-order valence-electron chi connectivity index (χ3n) is 3.15. The lowest BCUT2D eigenvalue weighted by Crippen LogP contribution is -2.23. The van der Waals surface area contributed by atoms with Gasteiger partial charge in [0.2, 0.25) is 5.91 Å². The molecule has 0 fully saturated rings. The zero-order valence-corrected chi connectivity index (χ0v) is 11.7. The van der Waals surface area contributed by atoms with Crippen molar-refractivity contribution < 1.29 is 14.7 Å². The van der Waals surface area contributed by atoms with Gasteiger partial charge in [-0.05, 0) is 30.0 Å². The van der Waals surface area contributed by atoms with Crippen LogP contribution in [0, 0.1) is 5.92 Å². The van der Waals surface area contributed by atoms with E-state index in [-0.39, 0.29) is 12.3 Å². The minimum absolute atomic E-state index is 0.152. The van der Waals surface area contributed by atoms with Crippen molar-refractivity contribution in [3.8, 4) is 0 Å². The van der Waals surface area contributed by atoms with Crippen molar-refractivity contribution in [3.63, 3.8) is 0 Å². The molecule has 1 atom stereocenters. The normalized spacial score (nSPS) is 11.9. The Labute approximate surface area is 113 Å². The maximum Gasteiger partial charge on any atom is 0.304 e. The van der Waals surface area contributed by atoms with Crippen LogP contribution in [0.5, 0.6) is 0 Å². The molecule has 0 saturated carbocycles. The largest absolute Gasteiger partial charge is 0.481 e. The van der Waals surface area contributed by atoms with Crippen LogP contribution in [0.1, 0.15) is 38.3 Å². The first-order valence-electron chi connectivity index (χ1n) is 6.62. The first-order chi connectivity index (χ1) is 8.97. The van der Waals surface area contributed by atoms with Crippen molar-refractivity contribution in [2.45, 2.75) is 40.0 Å². The molecule has 0 heterocycles. The standard InChI is InChI=1S/C15H21NO3/c1-4-11-6-7-12(5-2)13(9-11)16-15(19)10(3)8-14(17)18/h6-7,9-10H,4-5,8H2,1-3H3,(H,16,19)(H,17,18). The van der Waals surface area contributed by atoms with Crippen LogP contribution in [0.15, 0.2) is 18.2 Å². The summed E-state index contributed by atoms with van der Waals surface area (Å²) in [5, 5.41) is 11.5. The van der Waals surface area contributed by atoms with Gasteiger partial charge in [-0.3, -0.25) is 9.59 Å². The minimum Gasteiger partial charge on any atom is -0.481 e. The Morgan fingerprint density at radius 2 is 1.95 bits per heavy atom. The zero-order chi connectivity index (χ0) is 14.4. The smallest absolute Gasteiger partial charge is 0.304 e. The van der Waals surface area contributed by atoms with Crippen LogP contribution in [0.25, 0.3) is 0 Å². The van der Waals surface area contributed by atoms with E-state index in [0.29, 0.717) is 0 Å². The van der Waals surface area contributed by atoms with E-state index in [1.54, 1.807) is 6.92 Å². The molecule has 0 aliphatic carbocycles. The van der Waals surface area contributed by atoms with Gasteiger partial charge in [-0.25, -0.2) is 0 Å². The fraction of sp³-hybridized carbons (Fsp3) is 0.467. The highest BCUT2D eigenvalue weighted by molar-refractivity contribution is 5.94. The number of benzene rings is 1. The van der Waals surface area contributed by atoms with Crippen molar-refractivity contribution >= 4 is 17.6 Å². The third-order valence-corrected chi connectivity index (χ3v) is 3.15. The summed E-state index contributed by atoms with van der Waals surface area (Å²) >= 11 is 0. The number of nitrogens with one attached hydrogen (secondary N) is 1. The Hall–Kier alpha value is -1.84. The van der Waals surface area contributed by atoms with Gasteiger partial charge in [0, 0.05) is 11.6 Å². The van der Waals surface area contributed by atoms with E-state index in [1.165, 1.54) is 0 Å². The summed E-state index contributed by atoms with van der Waals surface area (Å²) in [5.41, 5.74) is 3.01. The highest BCUT2D eigenvalue weighted by Crippen LogP contribution is 2.20. The minimum atomic E-state index is -0.958. The number of carboxylic acids is 1. The Morgan fingerprint density at radius 3 is 2.47 bits per heavy atom. The Bertz CT molecular complexity index is 468. The molecular weight excluding hydrogens is 242 g/mol. The number of rotatable bonds is 6. The SMILES string of the molecule is CCc1ccc(CC)c(NC(=O)C(C)CC(=O)O)c1. The second-order valence-electron chi connectivity index (χ2n) is 4.69. The predicted molar refractivity (Wildman–Crippen MR) is 75.2 cm³/mol. The second kappa shape index (κ2) is 6.92. The number of aliphatic carboxylic acids is 1. The number of hydrogen-bond donors (Lipinski definition) is 2. The molecule has 1 aromatic rings. The Balaban J connectivity index is 2.85. The Kier molecular flexibility index (Phi) is 5.55. The van der Waals surface area contributed by atoms with E-state index in [2.05, 4.69) is 18.3 Å². The van der Waals surface area contributed by atoms with Gasteiger partial charge in [0.15, 0.2) is 0 Å². The second-order valence-corrected chi connectivity index (χ2v) is 4.69. The summed E-state index contributed by atoms with van der Waals surface area (Å²) in [6, 6.07) is 6.02. The van der Waals surface area contributed by atoms with Gasteiger partial charge < -0.3 is 10.4 Å². The topological polar surface area (TPSA) is 66.4 Å². The van der Waals surface area contributed by atoms with Crippen LogP contribution < -0.4 is 5.32 Å². The number of carbonyl (C=O) groups is 2. The van der Waals surface area contributed by atoms with Gasteiger partial charge in [0.05, 0.1) is 6.42 Å². The lowest BCUT2D eigenvalue weighted by atomic mass is 10.0. The number of hydrogen-bond acceptors (Lipinski definition) is 2. The van der Waals surface area contributed by atoms with Crippen molar-refractivity contribution in [3.05, 3.63) is 29.3 Å². The van der Waals surface area contributed by atoms with Crippen LogP contribution >= 0.6 is 0 Å². The summed E-state index contributed by atoms with van der Waals surface area (Å²) in [5.74, 6) is -1.74. The molecule has 0 spiro atoms. The molecule has 0 bridgehead atoms. The van der Waals surface area contributed by atoms with Crippen molar-refractivity contribution in [1.82, 2.24) is 0 Å². The average Bonchev–Trinajstić information content (AvgIpc) is 2.37.